The summed E-state index contributed by atoms with van der Waals surface area (Å²) in [5, 5.41) is 3.68. The van der Waals surface area contributed by atoms with Crippen molar-refractivity contribution in [1.29, 1.82) is 0 Å². The summed E-state index contributed by atoms with van der Waals surface area (Å²) in [6, 6.07) is 7.53. The van der Waals surface area contributed by atoms with Gasteiger partial charge in [0.2, 0.25) is 11.8 Å². The van der Waals surface area contributed by atoms with Gasteiger partial charge in [-0.3, -0.25) is 19.4 Å². The SMILES string of the molecule is CC(=O)NC1=NC(=O)C(=Cc2ccc3nccc(OC4CCN(C(C)=O)CC4)c3c2)S1. The van der Waals surface area contributed by atoms with Crippen LogP contribution in [-0.2, 0) is 14.4 Å². The van der Waals surface area contributed by atoms with E-state index in [4.69, 9.17) is 4.74 Å². The number of fused-ring (bicyclic) bond motifs is 1. The Hall–Kier alpha value is -3.20. The molecule has 0 aliphatic carbocycles. The first-order valence-electron chi connectivity index (χ1n) is 10.00. The van der Waals surface area contributed by atoms with Gasteiger partial charge < -0.3 is 15.0 Å². The lowest BCUT2D eigenvalue weighted by Crippen LogP contribution is -2.40. The van der Waals surface area contributed by atoms with Crippen molar-refractivity contribution in [1.82, 2.24) is 15.2 Å². The molecule has 160 valence electrons. The quantitative estimate of drug-likeness (QED) is 0.740. The van der Waals surface area contributed by atoms with Crippen molar-refractivity contribution in [3.8, 4) is 5.75 Å². The molecule has 1 aromatic heterocycles. The van der Waals surface area contributed by atoms with Gasteiger partial charge in [-0.1, -0.05) is 6.07 Å². The number of aliphatic imine (C=N–C) groups is 1. The molecule has 1 saturated heterocycles. The summed E-state index contributed by atoms with van der Waals surface area (Å²) in [6.45, 7) is 4.34. The average molecular weight is 439 g/mol. The average Bonchev–Trinajstić information content (AvgIpc) is 3.06. The fourth-order valence-corrected chi connectivity index (χ4v) is 4.42. The Morgan fingerprint density at radius 2 is 2.00 bits per heavy atom. The van der Waals surface area contributed by atoms with E-state index in [2.05, 4.69) is 15.3 Å². The minimum Gasteiger partial charge on any atom is -0.490 e. The van der Waals surface area contributed by atoms with Gasteiger partial charge in [0.25, 0.3) is 5.91 Å². The van der Waals surface area contributed by atoms with Gasteiger partial charge in [0, 0.05) is 51.4 Å². The molecular formula is C22H22N4O4S. The topological polar surface area (TPSA) is 101 Å². The molecule has 9 heteroatoms. The lowest BCUT2D eigenvalue weighted by atomic mass is 10.1. The summed E-state index contributed by atoms with van der Waals surface area (Å²) >= 11 is 1.13. The number of rotatable bonds is 3. The minimum absolute atomic E-state index is 0.0313. The number of pyridine rings is 1. The molecule has 1 fully saturated rings. The molecular weight excluding hydrogens is 416 g/mol. The lowest BCUT2D eigenvalue weighted by molar-refractivity contribution is -0.130. The monoisotopic (exact) mass is 438 g/mol. The van der Waals surface area contributed by atoms with Crippen molar-refractivity contribution < 1.29 is 19.1 Å². The van der Waals surface area contributed by atoms with E-state index in [0.29, 0.717) is 18.0 Å². The van der Waals surface area contributed by atoms with Crippen molar-refractivity contribution in [3.05, 3.63) is 40.9 Å². The van der Waals surface area contributed by atoms with Crippen LogP contribution >= 0.6 is 11.8 Å². The standard InChI is InChI=1S/C22H22N4O4S/c1-13(27)24-22-25-21(29)20(31-22)12-15-3-4-18-17(11-15)19(5-8-23-18)30-16-6-9-26(10-7-16)14(2)28/h3-5,8,11-12,16H,6-7,9-10H2,1-2H3,(H,24,25,27,29). The zero-order valence-corrected chi connectivity index (χ0v) is 18.1. The molecule has 4 rings (SSSR count). The molecule has 2 aliphatic rings. The summed E-state index contributed by atoms with van der Waals surface area (Å²) in [5.41, 5.74) is 1.60. The number of amides is 3. The molecule has 0 radical (unpaired) electrons. The second kappa shape index (κ2) is 8.89. The Bertz CT molecular complexity index is 1120. The summed E-state index contributed by atoms with van der Waals surface area (Å²) in [6.07, 6.45) is 5.05. The molecule has 0 unspecified atom stereocenters. The van der Waals surface area contributed by atoms with Crippen LogP contribution in [0.25, 0.3) is 17.0 Å². The van der Waals surface area contributed by atoms with Gasteiger partial charge in [-0.15, -0.1) is 0 Å². The minimum atomic E-state index is -0.381. The van der Waals surface area contributed by atoms with Gasteiger partial charge in [-0.05, 0) is 41.6 Å². The van der Waals surface area contributed by atoms with Gasteiger partial charge >= 0.3 is 0 Å². The summed E-state index contributed by atoms with van der Waals surface area (Å²) in [5.74, 6) is 0.171. The number of thioether (sulfide) groups is 1. The van der Waals surface area contributed by atoms with Crippen molar-refractivity contribution in [3.63, 3.8) is 0 Å². The molecule has 3 heterocycles. The first kappa shape index (κ1) is 21.0. The largest absolute Gasteiger partial charge is 0.490 e. The van der Waals surface area contributed by atoms with Crippen LogP contribution in [0.1, 0.15) is 32.3 Å². The number of hydrogen-bond acceptors (Lipinski definition) is 6. The Labute approximate surface area is 183 Å². The Balaban J connectivity index is 1.53. The summed E-state index contributed by atoms with van der Waals surface area (Å²) < 4.78 is 6.26. The van der Waals surface area contributed by atoms with E-state index in [-0.39, 0.29) is 29.0 Å². The zero-order chi connectivity index (χ0) is 22.0. The molecule has 0 saturated carbocycles. The van der Waals surface area contributed by atoms with Crippen LogP contribution in [0.5, 0.6) is 5.75 Å². The van der Waals surface area contributed by atoms with E-state index in [9.17, 15) is 14.4 Å². The number of nitrogens with one attached hydrogen (secondary N) is 1. The number of carbonyl (C=O) groups is 3. The van der Waals surface area contributed by atoms with Gasteiger partial charge in [-0.25, -0.2) is 0 Å². The smallest absolute Gasteiger partial charge is 0.286 e. The van der Waals surface area contributed by atoms with Crippen LogP contribution in [0.3, 0.4) is 0 Å². The highest BCUT2D eigenvalue weighted by Crippen LogP contribution is 2.31. The number of carbonyl (C=O) groups excluding carboxylic acids is 3. The van der Waals surface area contributed by atoms with Crippen molar-refractivity contribution in [2.75, 3.05) is 13.1 Å². The molecule has 2 aromatic rings. The number of ether oxygens (including phenoxy) is 1. The van der Waals surface area contributed by atoms with E-state index in [1.807, 2.05) is 29.2 Å². The molecule has 1 N–H and O–H groups in total. The van der Waals surface area contributed by atoms with Gasteiger partial charge in [0.15, 0.2) is 5.17 Å². The molecule has 1 aromatic carbocycles. The maximum Gasteiger partial charge on any atom is 0.286 e. The molecule has 8 nitrogen and oxygen atoms in total. The number of likely N-dealkylation sites (tertiary alicyclic amines) is 1. The number of hydrogen-bond donors (Lipinski definition) is 1. The third kappa shape index (κ3) is 4.93. The third-order valence-electron chi connectivity index (χ3n) is 5.11. The number of piperidine rings is 1. The normalized spacial score (nSPS) is 18.4. The molecule has 2 aliphatic heterocycles. The summed E-state index contributed by atoms with van der Waals surface area (Å²) in [7, 11) is 0. The van der Waals surface area contributed by atoms with Crippen molar-refractivity contribution in [2.24, 2.45) is 4.99 Å². The van der Waals surface area contributed by atoms with Crippen LogP contribution in [0.2, 0.25) is 0 Å². The maximum absolute atomic E-state index is 12.1. The number of amidine groups is 1. The van der Waals surface area contributed by atoms with Crippen LogP contribution in [0, 0.1) is 0 Å². The molecule has 0 bridgehead atoms. The Morgan fingerprint density at radius 1 is 1.23 bits per heavy atom. The second-order valence-corrected chi connectivity index (χ2v) is 8.45. The van der Waals surface area contributed by atoms with Crippen LogP contribution in [0.4, 0.5) is 0 Å². The first-order valence-corrected chi connectivity index (χ1v) is 10.8. The maximum atomic E-state index is 12.1. The van der Waals surface area contributed by atoms with Crippen molar-refractivity contribution >= 4 is 51.6 Å². The molecule has 0 spiro atoms. The van der Waals surface area contributed by atoms with E-state index in [1.54, 1.807) is 19.2 Å². The van der Waals surface area contributed by atoms with Gasteiger partial charge in [0.05, 0.1) is 10.4 Å². The van der Waals surface area contributed by atoms with Gasteiger partial charge in [0.1, 0.15) is 11.9 Å². The first-order chi connectivity index (χ1) is 14.9. The third-order valence-corrected chi connectivity index (χ3v) is 6.01. The van der Waals surface area contributed by atoms with E-state index in [1.165, 1.54) is 6.92 Å². The fraction of sp³-hybridized carbons (Fsp3) is 0.318. The number of nitrogens with zero attached hydrogens (tertiary/aromatic N) is 3. The van der Waals surface area contributed by atoms with E-state index >= 15 is 0 Å². The lowest BCUT2D eigenvalue weighted by Gasteiger charge is -2.31. The van der Waals surface area contributed by atoms with Crippen LogP contribution in [-0.4, -0.2) is 52.0 Å². The predicted octanol–water partition coefficient (Wildman–Crippen LogP) is 2.73. The zero-order valence-electron chi connectivity index (χ0n) is 17.3. The van der Waals surface area contributed by atoms with Crippen molar-refractivity contribution in [2.45, 2.75) is 32.8 Å². The molecule has 31 heavy (non-hydrogen) atoms. The Morgan fingerprint density at radius 3 is 2.71 bits per heavy atom. The second-order valence-electron chi connectivity index (χ2n) is 7.42. The van der Waals surface area contributed by atoms with Crippen LogP contribution < -0.4 is 10.1 Å². The number of aromatic nitrogens is 1. The van der Waals surface area contributed by atoms with Gasteiger partial charge in [-0.2, -0.15) is 4.99 Å². The number of benzene rings is 1. The fourth-order valence-electron chi connectivity index (χ4n) is 3.56. The highest BCUT2D eigenvalue weighted by atomic mass is 32.2. The summed E-state index contributed by atoms with van der Waals surface area (Å²) in [4.78, 5) is 45.4. The van der Waals surface area contributed by atoms with Crippen LogP contribution in [0.15, 0.2) is 40.4 Å². The predicted molar refractivity (Wildman–Crippen MR) is 119 cm³/mol. The van der Waals surface area contributed by atoms with E-state index < -0.39 is 0 Å². The highest BCUT2D eigenvalue weighted by Gasteiger charge is 2.24. The highest BCUT2D eigenvalue weighted by molar-refractivity contribution is 8.18. The Kier molecular flexibility index (Phi) is 6.03. The van der Waals surface area contributed by atoms with E-state index in [0.717, 1.165) is 46.8 Å². The molecule has 3 amide bonds. The molecule has 0 atom stereocenters.